The van der Waals surface area contributed by atoms with Gasteiger partial charge in [0.25, 0.3) is 0 Å². The molecule has 0 fully saturated rings. The van der Waals surface area contributed by atoms with E-state index in [4.69, 9.17) is 4.74 Å². The van der Waals surface area contributed by atoms with Crippen molar-refractivity contribution in [3.8, 4) is 5.75 Å². The molecule has 6 nitrogen and oxygen atoms in total. The normalized spacial score (nSPS) is 10.3. The minimum atomic E-state index is -0.164. The molecule has 2 rings (SSSR count). The molecule has 0 radical (unpaired) electrons. The lowest BCUT2D eigenvalue weighted by atomic mass is 10.2. The van der Waals surface area contributed by atoms with E-state index >= 15 is 0 Å². The molecule has 0 bridgehead atoms. The summed E-state index contributed by atoms with van der Waals surface area (Å²) in [5.74, 6) is 0.641. The first-order chi connectivity index (χ1) is 14.6. The molecule has 0 unspecified atom stereocenters. The van der Waals surface area contributed by atoms with Gasteiger partial charge in [-0.1, -0.05) is 39.2 Å². The van der Waals surface area contributed by atoms with Crippen molar-refractivity contribution in [2.75, 3.05) is 29.1 Å². The minimum Gasteiger partial charge on any atom is -0.494 e. The van der Waals surface area contributed by atoms with Crippen molar-refractivity contribution in [2.24, 2.45) is 0 Å². The van der Waals surface area contributed by atoms with Crippen molar-refractivity contribution in [2.45, 2.75) is 52.4 Å². The Morgan fingerprint density at radius 1 is 0.800 bits per heavy atom. The maximum Gasteiger partial charge on any atom is 0.243 e. The molecule has 0 heterocycles. The van der Waals surface area contributed by atoms with Crippen molar-refractivity contribution in [3.63, 3.8) is 0 Å². The zero-order valence-corrected chi connectivity index (χ0v) is 18.0. The molecule has 0 aliphatic heterocycles. The molecule has 0 atom stereocenters. The van der Waals surface area contributed by atoms with Crippen LogP contribution in [0.2, 0.25) is 0 Å². The molecule has 2 amide bonds. The van der Waals surface area contributed by atoms with Crippen molar-refractivity contribution >= 4 is 28.9 Å². The Bertz CT molecular complexity index is 791. The lowest BCUT2D eigenvalue weighted by Crippen LogP contribution is -2.21. The highest BCUT2D eigenvalue weighted by atomic mass is 16.5. The molecule has 0 saturated heterocycles. The number of hydrogen-bond donors (Lipinski definition) is 3. The number of hydrogen-bond acceptors (Lipinski definition) is 4. The maximum atomic E-state index is 12.2. The van der Waals surface area contributed by atoms with Crippen LogP contribution in [-0.4, -0.2) is 25.0 Å². The fraction of sp³-hybridized carbons (Fsp3) is 0.417. The van der Waals surface area contributed by atoms with E-state index in [-0.39, 0.29) is 18.4 Å². The van der Waals surface area contributed by atoms with E-state index in [0.29, 0.717) is 17.8 Å². The summed E-state index contributed by atoms with van der Waals surface area (Å²) in [6, 6.07) is 14.8. The fourth-order valence-electron chi connectivity index (χ4n) is 2.90. The number of carbonyl (C=O) groups excluding carboxylic acids is 2. The number of unbranched alkanes of at least 4 members (excludes halogenated alkanes) is 3. The highest BCUT2D eigenvalue weighted by molar-refractivity contribution is 5.95. The molecule has 0 aliphatic carbocycles. The molecule has 2 aromatic rings. The van der Waals surface area contributed by atoms with Gasteiger partial charge in [-0.25, -0.2) is 0 Å². The zero-order chi connectivity index (χ0) is 21.6. The minimum absolute atomic E-state index is 0.0315. The first-order valence-electron chi connectivity index (χ1n) is 10.8. The van der Waals surface area contributed by atoms with Gasteiger partial charge >= 0.3 is 0 Å². The number of ether oxygens (including phenoxy) is 1. The van der Waals surface area contributed by atoms with E-state index in [0.717, 1.165) is 30.9 Å². The Morgan fingerprint density at radius 3 is 2.17 bits per heavy atom. The van der Waals surface area contributed by atoms with Gasteiger partial charge in [0.05, 0.1) is 13.2 Å². The van der Waals surface area contributed by atoms with Gasteiger partial charge in [0.15, 0.2) is 0 Å². The quantitative estimate of drug-likeness (QED) is 0.384. The average Bonchev–Trinajstić information content (AvgIpc) is 2.73. The summed E-state index contributed by atoms with van der Waals surface area (Å²) in [6.07, 6.45) is 5.99. The van der Waals surface area contributed by atoms with Crippen molar-refractivity contribution in [1.29, 1.82) is 0 Å². The van der Waals surface area contributed by atoms with E-state index in [1.165, 1.54) is 19.3 Å². The lowest BCUT2D eigenvalue weighted by molar-refractivity contribution is -0.116. The summed E-state index contributed by atoms with van der Waals surface area (Å²) in [5, 5.41) is 8.76. The van der Waals surface area contributed by atoms with E-state index < -0.39 is 0 Å². The summed E-state index contributed by atoms with van der Waals surface area (Å²) >= 11 is 0. The first kappa shape index (κ1) is 23.3. The molecular formula is C24H33N3O3. The topological polar surface area (TPSA) is 79.5 Å². The van der Waals surface area contributed by atoms with Gasteiger partial charge in [-0.2, -0.15) is 0 Å². The van der Waals surface area contributed by atoms with Crippen LogP contribution < -0.4 is 20.7 Å². The SMILES string of the molecule is CCCCCCOc1ccc(NCC(=O)Nc2cccc(NC(=O)CCC)c2)cc1. The van der Waals surface area contributed by atoms with Gasteiger partial charge in [-0.3, -0.25) is 9.59 Å². The van der Waals surface area contributed by atoms with Crippen LogP contribution >= 0.6 is 0 Å². The van der Waals surface area contributed by atoms with Gasteiger partial charge in [0.1, 0.15) is 5.75 Å². The fourth-order valence-corrected chi connectivity index (χ4v) is 2.90. The first-order valence-corrected chi connectivity index (χ1v) is 10.8. The average molecular weight is 412 g/mol. The number of anilines is 3. The van der Waals surface area contributed by atoms with Gasteiger partial charge in [-0.15, -0.1) is 0 Å². The van der Waals surface area contributed by atoms with Crippen molar-refractivity contribution in [1.82, 2.24) is 0 Å². The van der Waals surface area contributed by atoms with Gasteiger partial charge in [-0.05, 0) is 55.3 Å². The highest BCUT2D eigenvalue weighted by Crippen LogP contribution is 2.17. The second kappa shape index (κ2) is 13.2. The van der Waals surface area contributed by atoms with E-state index in [2.05, 4.69) is 22.9 Å². The third-order valence-electron chi connectivity index (χ3n) is 4.48. The maximum absolute atomic E-state index is 12.2. The summed E-state index contributed by atoms with van der Waals surface area (Å²) in [7, 11) is 0. The Hall–Kier alpha value is -3.02. The zero-order valence-electron chi connectivity index (χ0n) is 18.0. The van der Waals surface area contributed by atoms with Crippen LogP contribution in [0, 0.1) is 0 Å². The van der Waals surface area contributed by atoms with Crippen LogP contribution in [0.3, 0.4) is 0 Å². The lowest BCUT2D eigenvalue weighted by Gasteiger charge is -2.11. The van der Waals surface area contributed by atoms with Crippen LogP contribution in [0.25, 0.3) is 0 Å². The third kappa shape index (κ3) is 8.99. The summed E-state index contributed by atoms with van der Waals surface area (Å²) in [4.78, 5) is 23.9. The van der Waals surface area contributed by atoms with Crippen LogP contribution in [0.1, 0.15) is 52.4 Å². The molecule has 2 aromatic carbocycles. The molecule has 0 aromatic heterocycles. The third-order valence-corrected chi connectivity index (χ3v) is 4.48. The van der Waals surface area contributed by atoms with Crippen LogP contribution in [0.5, 0.6) is 5.75 Å². The largest absolute Gasteiger partial charge is 0.494 e. The van der Waals surface area contributed by atoms with Gasteiger partial charge < -0.3 is 20.7 Å². The molecule has 0 aliphatic rings. The second-order valence-corrected chi connectivity index (χ2v) is 7.21. The number of benzene rings is 2. The molecule has 3 N–H and O–H groups in total. The Labute approximate surface area is 179 Å². The van der Waals surface area contributed by atoms with Gasteiger partial charge in [0.2, 0.25) is 11.8 Å². The predicted molar refractivity (Wildman–Crippen MR) is 123 cm³/mol. The molecular weight excluding hydrogens is 378 g/mol. The monoisotopic (exact) mass is 411 g/mol. The molecule has 30 heavy (non-hydrogen) atoms. The molecule has 0 saturated carbocycles. The van der Waals surface area contributed by atoms with E-state index in [1.54, 1.807) is 24.3 Å². The van der Waals surface area contributed by atoms with Crippen molar-refractivity contribution < 1.29 is 14.3 Å². The van der Waals surface area contributed by atoms with Crippen molar-refractivity contribution in [3.05, 3.63) is 48.5 Å². The van der Waals surface area contributed by atoms with Crippen LogP contribution in [0.4, 0.5) is 17.1 Å². The number of nitrogens with one attached hydrogen (secondary N) is 3. The summed E-state index contributed by atoms with van der Waals surface area (Å²) in [5.41, 5.74) is 2.16. The number of rotatable bonds is 13. The molecule has 0 spiro atoms. The molecule has 162 valence electrons. The Kier molecular flexibility index (Phi) is 10.3. The predicted octanol–water partition coefficient (Wildman–Crippen LogP) is 5.43. The standard InChI is InChI=1S/C24H33N3O3/c1-3-5-6-7-16-30-22-14-12-19(13-15-22)25-18-24(29)27-21-11-8-10-20(17-21)26-23(28)9-4-2/h8,10-15,17,25H,3-7,9,16,18H2,1-2H3,(H,26,28)(H,27,29). The summed E-state index contributed by atoms with van der Waals surface area (Å²) in [6.45, 7) is 5.02. The number of carbonyl (C=O) groups is 2. The number of amides is 2. The smallest absolute Gasteiger partial charge is 0.243 e. The second-order valence-electron chi connectivity index (χ2n) is 7.21. The van der Waals surface area contributed by atoms with E-state index in [1.807, 2.05) is 31.2 Å². The van der Waals surface area contributed by atoms with E-state index in [9.17, 15) is 9.59 Å². The van der Waals surface area contributed by atoms with Gasteiger partial charge in [0, 0.05) is 23.5 Å². The van der Waals surface area contributed by atoms with Crippen LogP contribution in [-0.2, 0) is 9.59 Å². The molecule has 6 heteroatoms. The Balaban J connectivity index is 1.74. The highest BCUT2D eigenvalue weighted by Gasteiger charge is 2.05. The Morgan fingerprint density at radius 2 is 1.50 bits per heavy atom. The van der Waals surface area contributed by atoms with Crippen LogP contribution in [0.15, 0.2) is 48.5 Å². The summed E-state index contributed by atoms with van der Waals surface area (Å²) < 4.78 is 5.73.